The van der Waals surface area contributed by atoms with Crippen molar-refractivity contribution < 1.29 is 31.6 Å². The van der Waals surface area contributed by atoms with Crippen LogP contribution in [0.1, 0.15) is 11.1 Å². The Morgan fingerprint density at radius 3 is 2.57 bits per heavy atom. The zero-order chi connectivity index (χ0) is 25.6. The van der Waals surface area contributed by atoms with E-state index in [2.05, 4.69) is 15.1 Å². The Morgan fingerprint density at radius 1 is 1.14 bits per heavy atom. The maximum atomic E-state index is 13.2. The highest BCUT2D eigenvalue weighted by Crippen LogP contribution is 2.28. The molecule has 0 amide bonds. The van der Waals surface area contributed by atoms with E-state index in [1.165, 1.54) is 37.4 Å². The van der Waals surface area contributed by atoms with Gasteiger partial charge in [0, 0.05) is 48.6 Å². The third kappa shape index (κ3) is 6.49. The van der Waals surface area contributed by atoms with Gasteiger partial charge in [0.25, 0.3) is 12.1 Å². The number of ether oxygens (including phenoxy) is 2. The summed E-state index contributed by atoms with van der Waals surface area (Å²) < 4.78 is 65.2. The molecule has 2 N–H and O–H groups in total. The maximum absolute atomic E-state index is 13.2. The monoisotopic (exact) mass is 511 g/mol. The standard InChI is InChI=1S/C21H23F2N5O6S/c1-33-17-5-3-15(19(8-17)34-2)11-26-35(31,32)20-7-16(28(29)30)4-6-18(20)27-13-14(10-25-27)9-24-12-21(22)23/h3-8,10,13,21,24,26H,9,11-12H2,1-2H3. The van der Waals surface area contributed by atoms with Crippen LogP contribution < -0.4 is 19.5 Å². The molecule has 35 heavy (non-hydrogen) atoms. The van der Waals surface area contributed by atoms with E-state index in [-0.39, 0.29) is 23.7 Å². The number of nitro groups is 1. The van der Waals surface area contributed by atoms with Crippen molar-refractivity contribution in [3.05, 3.63) is 70.0 Å². The van der Waals surface area contributed by atoms with Crippen LogP contribution in [0.15, 0.2) is 53.7 Å². The van der Waals surface area contributed by atoms with E-state index < -0.39 is 33.6 Å². The molecule has 0 unspecified atom stereocenters. The van der Waals surface area contributed by atoms with Gasteiger partial charge in [-0.05, 0) is 12.1 Å². The number of alkyl halides is 2. The first-order chi connectivity index (χ1) is 16.6. The van der Waals surface area contributed by atoms with Crippen LogP contribution in [0.5, 0.6) is 11.5 Å². The normalized spacial score (nSPS) is 11.6. The number of non-ortho nitro benzene ring substituents is 1. The molecule has 1 heterocycles. The summed E-state index contributed by atoms with van der Waals surface area (Å²) in [6.45, 7) is -0.602. The van der Waals surface area contributed by atoms with Crippen molar-refractivity contribution in [2.24, 2.45) is 0 Å². The van der Waals surface area contributed by atoms with Crippen LogP contribution in [0.25, 0.3) is 5.69 Å². The summed E-state index contributed by atoms with van der Waals surface area (Å²) in [7, 11) is -1.36. The number of sulfonamides is 1. The number of methoxy groups -OCH3 is 2. The molecule has 0 aliphatic carbocycles. The molecule has 0 saturated heterocycles. The van der Waals surface area contributed by atoms with Gasteiger partial charge in [-0.15, -0.1) is 0 Å². The summed E-state index contributed by atoms with van der Waals surface area (Å²) in [6, 6.07) is 8.19. The molecule has 0 radical (unpaired) electrons. The lowest BCUT2D eigenvalue weighted by Gasteiger charge is -2.14. The Kier molecular flexibility index (Phi) is 8.32. The van der Waals surface area contributed by atoms with Gasteiger partial charge in [0.1, 0.15) is 16.4 Å². The van der Waals surface area contributed by atoms with E-state index in [0.717, 1.165) is 12.1 Å². The van der Waals surface area contributed by atoms with Gasteiger partial charge in [0.2, 0.25) is 10.0 Å². The van der Waals surface area contributed by atoms with Gasteiger partial charge in [-0.25, -0.2) is 26.6 Å². The van der Waals surface area contributed by atoms with Gasteiger partial charge in [0.15, 0.2) is 0 Å². The van der Waals surface area contributed by atoms with Crippen LogP contribution >= 0.6 is 0 Å². The van der Waals surface area contributed by atoms with E-state index in [1.54, 1.807) is 18.2 Å². The number of hydrogen-bond acceptors (Lipinski definition) is 8. The van der Waals surface area contributed by atoms with E-state index >= 15 is 0 Å². The first-order valence-electron chi connectivity index (χ1n) is 10.2. The second-order valence-electron chi connectivity index (χ2n) is 7.23. The molecule has 14 heteroatoms. The highest BCUT2D eigenvalue weighted by molar-refractivity contribution is 7.89. The molecule has 3 aromatic rings. The summed E-state index contributed by atoms with van der Waals surface area (Å²) in [6.07, 6.45) is 0.309. The van der Waals surface area contributed by atoms with Crippen LogP contribution in [0.3, 0.4) is 0 Å². The molecule has 0 bridgehead atoms. The van der Waals surface area contributed by atoms with Crippen LogP contribution in [0.4, 0.5) is 14.5 Å². The van der Waals surface area contributed by atoms with Crippen LogP contribution in [0.2, 0.25) is 0 Å². The number of nitrogens with zero attached hydrogens (tertiary/aromatic N) is 3. The fourth-order valence-corrected chi connectivity index (χ4v) is 4.39. The largest absolute Gasteiger partial charge is 0.497 e. The van der Waals surface area contributed by atoms with Crippen LogP contribution in [-0.2, 0) is 23.1 Å². The van der Waals surface area contributed by atoms with Gasteiger partial charge < -0.3 is 14.8 Å². The molecule has 3 rings (SSSR count). The van der Waals surface area contributed by atoms with Crippen molar-refractivity contribution >= 4 is 15.7 Å². The summed E-state index contributed by atoms with van der Waals surface area (Å²) in [5.41, 5.74) is 0.644. The van der Waals surface area contributed by atoms with E-state index in [0.29, 0.717) is 22.6 Å². The third-order valence-electron chi connectivity index (χ3n) is 4.90. The molecule has 0 aliphatic rings. The van der Waals surface area contributed by atoms with E-state index in [9.17, 15) is 27.3 Å². The minimum Gasteiger partial charge on any atom is -0.497 e. The minimum absolute atomic E-state index is 0.0462. The Morgan fingerprint density at radius 2 is 1.91 bits per heavy atom. The number of rotatable bonds is 12. The molecule has 188 valence electrons. The number of hydrogen-bond donors (Lipinski definition) is 2. The second kappa shape index (κ2) is 11.2. The second-order valence-corrected chi connectivity index (χ2v) is 8.96. The molecule has 2 aromatic carbocycles. The van der Waals surface area contributed by atoms with Gasteiger partial charge in [0.05, 0.1) is 37.6 Å². The SMILES string of the molecule is COc1ccc(CNS(=O)(=O)c2cc([N+](=O)[O-])ccc2-n2cc(CNCC(F)F)cn2)c(OC)c1. The zero-order valence-electron chi connectivity index (χ0n) is 18.8. The first kappa shape index (κ1) is 26.0. The van der Waals surface area contributed by atoms with Crippen molar-refractivity contribution in [2.45, 2.75) is 24.4 Å². The minimum atomic E-state index is -4.27. The van der Waals surface area contributed by atoms with Crippen LogP contribution in [0, 0.1) is 10.1 Å². The van der Waals surface area contributed by atoms with E-state index in [1.807, 2.05) is 0 Å². The predicted molar refractivity (Wildman–Crippen MR) is 122 cm³/mol. The topological polar surface area (TPSA) is 138 Å². The fourth-order valence-electron chi connectivity index (χ4n) is 3.18. The van der Waals surface area contributed by atoms with Gasteiger partial charge in [-0.2, -0.15) is 5.10 Å². The number of halogens is 2. The summed E-state index contributed by atoms with van der Waals surface area (Å²) >= 11 is 0. The molecular formula is C21H23F2N5O6S. The van der Waals surface area contributed by atoms with Crippen molar-refractivity contribution in [3.8, 4) is 17.2 Å². The molecule has 0 aliphatic heterocycles. The molecule has 0 saturated carbocycles. The molecular weight excluding hydrogens is 488 g/mol. The van der Waals surface area contributed by atoms with Crippen molar-refractivity contribution in [2.75, 3.05) is 20.8 Å². The Labute approximate surface area is 199 Å². The highest BCUT2D eigenvalue weighted by atomic mass is 32.2. The fraction of sp³-hybridized carbons (Fsp3) is 0.286. The molecule has 11 nitrogen and oxygen atoms in total. The molecule has 1 aromatic heterocycles. The van der Waals surface area contributed by atoms with Crippen molar-refractivity contribution in [3.63, 3.8) is 0 Å². The Balaban J connectivity index is 1.92. The summed E-state index contributed by atoms with van der Waals surface area (Å²) in [4.78, 5) is 10.2. The lowest BCUT2D eigenvalue weighted by Crippen LogP contribution is -2.25. The summed E-state index contributed by atoms with van der Waals surface area (Å²) in [5, 5.41) is 17.9. The first-order valence-corrected chi connectivity index (χ1v) is 11.6. The van der Waals surface area contributed by atoms with Gasteiger partial charge >= 0.3 is 0 Å². The Bertz CT molecular complexity index is 1300. The lowest BCUT2D eigenvalue weighted by molar-refractivity contribution is -0.385. The molecule has 0 fully saturated rings. The number of nitro benzene ring substituents is 1. The smallest absolute Gasteiger partial charge is 0.270 e. The number of aromatic nitrogens is 2. The third-order valence-corrected chi connectivity index (χ3v) is 6.33. The highest BCUT2D eigenvalue weighted by Gasteiger charge is 2.24. The maximum Gasteiger partial charge on any atom is 0.270 e. The average molecular weight is 512 g/mol. The quantitative estimate of drug-likeness (QED) is 0.280. The summed E-state index contributed by atoms with van der Waals surface area (Å²) in [5.74, 6) is 0.909. The molecule has 0 atom stereocenters. The predicted octanol–water partition coefficient (Wildman–Crippen LogP) is 2.63. The lowest BCUT2D eigenvalue weighted by atomic mass is 10.2. The van der Waals surface area contributed by atoms with Crippen molar-refractivity contribution in [1.82, 2.24) is 19.8 Å². The number of benzene rings is 2. The van der Waals surface area contributed by atoms with Gasteiger partial charge in [-0.1, -0.05) is 6.07 Å². The zero-order valence-corrected chi connectivity index (χ0v) is 19.6. The van der Waals surface area contributed by atoms with Gasteiger partial charge in [-0.3, -0.25) is 10.1 Å². The Hall–Kier alpha value is -3.62. The average Bonchev–Trinajstić information content (AvgIpc) is 3.30. The van der Waals surface area contributed by atoms with Crippen molar-refractivity contribution in [1.29, 1.82) is 0 Å². The van der Waals surface area contributed by atoms with Crippen LogP contribution in [-0.4, -0.2) is 50.3 Å². The van der Waals surface area contributed by atoms with E-state index in [4.69, 9.17) is 9.47 Å². The number of nitrogens with one attached hydrogen (secondary N) is 2. The molecule has 0 spiro atoms.